The lowest BCUT2D eigenvalue weighted by Gasteiger charge is -2.06. The first-order chi connectivity index (χ1) is 11.7. The fraction of sp³-hybridized carbons (Fsp3) is 0.222. The van der Waals surface area contributed by atoms with Crippen molar-refractivity contribution in [3.63, 3.8) is 0 Å². The maximum atomic E-state index is 5.29. The largest absolute Gasteiger partial charge is 0.497 e. The number of hydrogen-bond donors (Lipinski definition) is 0. The number of ether oxygens (including phenoxy) is 4. The van der Waals surface area contributed by atoms with Crippen molar-refractivity contribution in [2.24, 2.45) is 10.2 Å². The van der Waals surface area contributed by atoms with Gasteiger partial charge < -0.3 is 18.9 Å². The highest BCUT2D eigenvalue weighted by Crippen LogP contribution is 2.23. The van der Waals surface area contributed by atoms with Gasteiger partial charge in [-0.2, -0.15) is 10.2 Å². The topological polar surface area (TPSA) is 61.6 Å². The normalized spacial score (nSPS) is 11.0. The Bertz CT molecular complexity index is 678. The third-order valence-electron chi connectivity index (χ3n) is 3.33. The minimum atomic E-state index is 0.689. The molecule has 24 heavy (non-hydrogen) atoms. The molecule has 0 saturated heterocycles. The van der Waals surface area contributed by atoms with Crippen LogP contribution in [0.2, 0.25) is 0 Å². The molecule has 0 fully saturated rings. The Morgan fingerprint density at radius 3 is 1.38 bits per heavy atom. The van der Waals surface area contributed by atoms with Gasteiger partial charge >= 0.3 is 0 Å². The van der Waals surface area contributed by atoms with Crippen LogP contribution in [-0.2, 0) is 0 Å². The molecule has 2 rings (SSSR count). The third kappa shape index (κ3) is 4.25. The summed E-state index contributed by atoms with van der Waals surface area (Å²) in [6, 6.07) is 10.9. The summed E-state index contributed by atoms with van der Waals surface area (Å²) in [5.74, 6) is 2.81. The van der Waals surface area contributed by atoms with Gasteiger partial charge in [0.05, 0.1) is 40.9 Å². The van der Waals surface area contributed by atoms with Gasteiger partial charge in [0.15, 0.2) is 0 Å². The van der Waals surface area contributed by atoms with E-state index in [0.717, 1.165) is 22.6 Å². The molecule has 0 aliphatic rings. The Balaban J connectivity index is 2.21. The third-order valence-corrected chi connectivity index (χ3v) is 3.33. The summed E-state index contributed by atoms with van der Waals surface area (Å²) < 4.78 is 21.0. The van der Waals surface area contributed by atoms with E-state index in [4.69, 9.17) is 18.9 Å². The molecule has 0 spiro atoms. The van der Waals surface area contributed by atoms with Crippen molar-refractivity contribution in [3.05, 3.63) is 47.5 Å². The van der Waals surface area contributed by atoms with Crippen LogP contribution in [0.15, 0.2) is 46.6 Å². The van der Waals surface area contributed by atoms with Gasteiger partial charge in [0.2, 0.25) is 0 Å². The highest BCUT2D eigenvalue weighted by molar-refractivity contribution is 5.87. The van der Waals surface area contributed by atoms with E-state index in [2.05, 4.69) is 10.2 Å². The highest BCUT2D eigenvalue weighted by atomic mass is 16.5. The predicted molar refractivity (Wildman–Crippen MR) is 94.3 cm³/mol. The summed E-state index contributed by atoms with van der Waals surface area (Å²) in [5, 5.41) is 8.13. The number of rotatable bonds is 7. The first-order valence-corrected chi connectivity index (χ1v) is 7.22. The van der Waals surface area contributed by atoms with E-state index in [1.54, 1.807) is 40.9 Å². The molecule has 0 unspecified atom stereocenters. The fourth-order valence-electron chi connectivity index (χ4n) is 2.07. The minimum Gasteiger partial charge on any atom is -0.497 e. The molecule has 6 heteroatoms. The van der Waals surface area contributed by atoms with Crippen molar-refractivity contribution < 1.29 is 18.9 Å². The van der Waals surface area contributed by atoms with Crippen LogP contribution < -0.4 is 18.9 Å². The lowest BCUT2D eigenvalue weighted by molar-refractivity contribution is 0.402. The van der Waals surface area contributed by atoms with E-state index >= 15 is 0 Å². The zero-order valence-electron chi connectivity index (χ0n) is 14.1. The van der Waals surface area contributed by atoms with E-state index in [9.17, 15) is 0 Å². The van der Waals surface area contributed by atoms with Crippen LogP contribution in [0.3, 0.4) is 0 Å². The Labute approximate surface area is 141 Å². The number of nitrogens with zero attached hydrogens (tertiary/aromatic N) is 2. The second-order valence-corrected chi connectivity index (χ2v) is 4.70. The van der Waals surface area contributed by atoms with Crippen LogP contribution in [0, 0.1) is 0 Å². The summed E-state index contributed by atoms with van der Waals surface area (Å²) in [5.41, 5.74) is 1.54. The summed E-state index contributed by atoms with van der Waals surface area (Å²) in [6.45, 7) is 0. The van der Waals surface area contributed by atoms with E-state index in [1.165, 1.54) is 0 Å². The zero-order chi connectivity index (χ0) is 17.4. The molecule has 0 heterocycles. The maximum absolute atomic E-state index is 5.29. The van der Waals surface area contributed by atoms with Gasteiger partial charge in [-0.05, 0) is 36.4 Å². The Morgan fingerprint density at radius 2 is 1.04 bits per heavy atom. The van der Waals surface area contributed by atoms with E-state index in [1.807, 2.05) is 36.4 Å². The SMILES string of the molecule is COc1ccc(OC)c(/C=N\N=C/c2cc(OC)ccc2OC)c1. The van der Waals surface area contributed by atoms with Crippen LogP contribution in [0.25, 0.3) is 0 Å². The summed E-state index contributed by atoms with van der Waals surface area (Å²) in [6.07, 6.45) is 3.20. The molecule has 0 aliphatic heterocycles. The van der Waals surface area contributed by atoms with Crippen molar-refractivity contribution in [3.8, 4) is 23.0 Å². The average molecular weight is 328 g/mol. The number of benzene rings is 2. The van der Waals surface area contributed by atoms with E-state index in [0.29, 0.717) is 11.5 Å². The van der Waals surface area contributed by atoms with Gasteiger partial charge in [0.25, 0.3) is 0 Å². The van der Waals surface area contributed by atoms with Crippen LogP contribution in [0.5, 0.6) is 23.0 Å². The molecule has 6 nitrogen and oxygen atoms in total. The second kappa shape index (κ2) is 8.57. The van der Waals surface area contributed by atoms with Gasteiger partial charge in [-0.3, -0.25) is 0 Å². The fourth-order valence-corrected chi connectivity index (χ4v) is 2.07. The monoisotopic (exact) mass is 328 g/mol. The van der Waals surface area contributed by atoms with Gasteiger partial charge in [0.1, 0.15) is 23.0 Å². The van der Waals surface area contributed by atoms with Gasteiger partial charge in [-0.15, -0.1) is 0 Å². The van der Waals surface area contributed by atoms with Crippen molar-refractivity contribution in [1.82, 2.24) is 0 Å². The molecule has 2 aromatic rings. The van der Waals surface area contributed by atoms with Crippen LogP contribution in [0.1, 0.15) is 11.1 Å². The van der Waals surface area contributed by atoms with Crippen LogP contribution >= 0.6 is 0 Å². The van der Waals surface area contributed by atoms with Crippen molar-refractivity contribution in [2.45, 2.75) is 0 Å². The van der Waals surface area contributed by atoms with Crippen molar-refractivity contribution in [1.29, 1.82) is 0 Å². The lowest BCUT2D eigenvalue weighted by Crippen LogP contribution is -1.93. The molecule has 126 valence electrons. The van der Waals surface area contributed by atoms with Crippen LogP contribution in [0.4, 0.5) is 0 Å². The molecule has 0 bridgehead atoms. The van der Waals surface area contributed by atoms with Crippen molar-refractivity contribution >= 4 is 12.4 Å². The van der Waals surface area contributed by atoms with E-state index < -0.39 is 0 Å². The summed E-state index contributed by atoms with van der Waals surface area (Å²) in [4.78, 5) is 0. The van der Waals surface area contributed by atoms with E-state index in [-0.39, 0.29) is 0 Å². The molecule has 0 aromatic heterocycles. The lowest BCUT2D eigenvalue weighted by atomic mass is 10.2. The second-order valence-electron chi connectivity index (χ2n) is 4.70. The van der Waals surface area contributed by atoms with Crippen molar-refractivity contribution in [2.75, 3.05) is 28.4 Å². The summed E-state index contributed by atoms with van der Waals surface area (Å²) >= 11 is 0. The van der Waals surface area contributed by atoms with Gasteiger partial charge in [-0.1, -0.05) is 0 Å². The molecule has 0 aliphatic carbocycles. The molecule has 0 atom stereocenters. The molecule has 0 radical (unpaired) electrons. The Kier molecular flexibility index (Phi) is 6.19. The predicted octanol–water partition coefficient (Wildman–Crippen LogP) is 3.17. The standard InChI is InChI=1S/C18H20N2O4/c1-21-15-5-7-17(23-3)13(9-15)11-19-20-12-14-10-16(22-2)6-8-18(14)24-4/h5-12H,1-4H3/b19-11-,20-12-. The minimum absolute atomic E-state index is 0.689. The number of methoxy groups -OCH3 is 4. The molecule has 0 N–H and O–H groups in total. The zero-order valence-corrected chi connectivity index (χ0v) is 14.1. The molecular formula is C18H20N2O4. The summed E-state index contributed by atoms with van der Waals surface area (Å²) in [7, 11) is 6.42. The average Bonchev–Trinajstić information content (AvgIpc) is 2.64. The molecule has 0 amide bonds. The number of hydrogen-bond acceptors (Lipinski definition) is 6. The Hall–Kier alpha value is -3.02. The van der Waals surface area contributed by atoms with Gasteiger partial charge in [0, 0.05) is 11.1 Å². The highest BCUT2D eigenvalue weighted by Gasteiger charge is 2.03. The van der Waals surface area contributed by atoms with Crippen LogP contribution in [-0.4, -0.2) is 40.9 Å². The maximum Gasteiger partial charge on any atom is 0.127 e. The quantitative estimate of drug-likeness (QED) is 0.578. The molecule has 2 aromatic carbocycles. The first-order valence-electron chi connectivity index (χ1n) is 7.22. The van der Waals surface area contributed by atoms with Gasteiger partial charge in [-0.25, -0.2) is 0 Å². The molecular weight excluding hydrogens is 308 g/mol. The Morgan fingerprint density at radius 1 is 0.625 bits per heavy atom. The first kappa shape index (κ1) is 17.3. The smallest absolute Gasteiger partial charge is 0.127 e. The molecule has 0 saturated carbocycles.